The van der Waals surface area contributed by atoms with Gasteiger partial charge in [-0.2, -0.15) is 10.2 Å². The quantitative estimate of drug-likeness (QED) is 0.550. The number of benzene rings is 2. The average molecular weight is 372 g/mol. The third kappa shape index (κ3) is 3.17. The van der Waals surface area contributed by atoms with E-state index in [1.807, 2.05) is 18.2 Å². The Morgan fingerprint density at radius 3 is 2.68 bits per heavy atom. The fourth-order valence-electron chi connectivity index (χ4n) is 2.88. The van der Waals surface area contributed by atoms with E-state index in [9.17, 15) is 5.26 Å². The molecular formula is C20H16N6O2. The maximum atomic E-state index is 9.19. The number of aromatic amines is 1. The van der Waals surface area contributed by atoms with Gasteiger partial charge in [-0.25, -0.2) is 9.97 Å². The number of H-pyrrole nitrogens is 1. The number of nitrogens with one attached hydrogen (secondary N) is 2. The van der Waals surface area contributed by atoms with Gasteiger partial charge in [-0.05, 0) is 24.3 Å². The summed E-state index contributed by atoms with van der Waals surface area (Å²) in [5.41, 5.74) is 3.97. The molecule has 0 saturated heterocycles. The molecule has 0 aliphatic rings. The van der Waals surface area contributed by atoms with Gasteiger partial charge < -0.3 is 19.8 Å². The molecule has 8 nitrogen and oxygen atoms in total. The SMILES string of the molecule is COc1ccc(Nc2nc(-c3cccc(C#N)c3)c3[nH]cnc3n2)cc1OC. The number of aromatic nitrogens is 4. The third-order valence-electron chi connectivity index (χ3n) is 4.19. The van der Waals surface area contributed by atoms with Gasteiger partial charge in [0.2, 0.25) is 5.95 Å². The second-order valence-electron chi connectivity index (χ2n) is 5.88. The fourth-order valence-corrected chi connectivity index (χ4v) is 2.88. The molecule has 138 valence electrons. The minimum absolute atomic E-state index is 0.379. The van der Waals surface area contributed by atoms with Crippen molar-refractivity contribution < 1.29 is 9.47 Å². The van der Waals surface area contributed by atoms with Gasteiger partial charge in [0, 0.05) is 17.3 Å². The first-order chi connectivity index (χ1) is 13.7. The van der Waals surface area contributed by atoms with E-state index >= 15 is 0 Å². The molecule has 0 aliphatic carbocycles. The maximum absolute atomic E-state index is 9.19. The van der Waals surface area contributed by atoms with Crippen molar-refractivity contribution in [2.24, 2.45) is 0 Å². The van der Waals surface area contributed by atoms with Crippen molar-refractivity contribution in [1.82, 2.24) is 19.9 Å². The standard InChI is InChI=1S/C20H16N6O2/c1-27-15-7-6-14(9-16(15)28-2)24-20-25-17(18-19(26-20)23-11-22-18)13-5-3-4-12(8-13)10-21/h3-9,11H,1-2H3,(H2,22,23,24,25,26). The van der Waals surface area contributed by atoms with Gasteiger partial charge in [0.15, 0.2) is 17.1 Å². The highest BCUT2D eigenvalue weighted by Gasteiger charge is 2.13. The maximum Gasteiger partial charge on any atom is 0.229 e. The number of rotatable bonds is 5. The molecule has 0 atom stereocenters. The highest BCUT2D eigenvalue weighted by molar-refractivity contribution is 5.88. The minimum Gasteiger partial charge on any atom is -0.493 e. The van der Waals surface area contributed by atoms with Crippen LogP contribution in [-0.2, 0) is 0 Å². The van der Waals surface area contributed by atoms with E-state index in [0.29, 0.717) is 39.9 Å². The smallest absolute Gasteiger partial charge is 0.229 e. The van der Waals surface area contributed by atoms with E-state index in [-0.39, 0.29) is 0 Å². The molecule has 0 saturated carbocycles. The average Bonchev–Trinajstić information content (AvgIpc) is 3.21. The number of methoxy groups -OCH3 is 2. The largest absolute Gasteiger partial charge is 0.493 e. The number of nitrogens with zero attached hydrogens (tertiary/aromatic N) is 4. The number of hydrogen-bond donors (Lipinski definition) is 2. The molecule has 2 heterocycles. The Balaban J connectivity index is 1.78. The van der Waals surface area contributed by atoms with Gasteiger partial charge in [-0.1, -0.05) is 12.1 Å². The van der Waals surface area contributed by atoms with Gasteiger partial charge in [-0.3, -0.25) is 0 Å². The zero-order valence-corrected chi connectivity index (χ0v) is 15.2. The van der Waals surface area contributed by atoms with Gasteiger partial charge in [0.05, 0.1) is 32.2 Å². The molecule has 8 heteroatoms. The molecule has 0 spiro atoms. The Hall–Kier alpha value is -4.12. The topological polar surface area (TPSA) is 109 Å². The Labute approximate surface area is 160 Å². The summed E-state index contributed by atoms with van der Waals surface area (Å²) in [6.07, 6.45) is 1.57. The van der Waals surface area contributed by atoms with Crippen LogP contribution < -0.4 is 14.8 Å². The summed E-state index contributed by atoms with van der Waals surface area (Å²) in [5, 5.41) is 12.4. The van der Waals surface area contributed by atoms with E-state index in [2.05, 4.69) is 31.3 Å². The summed E-state index contributed by atoms with van der Waals surface area (Å²) in [6, 6.07) is 14.8. The Morgan fingerprint density at radius 1 is 1.04 bits per heavy atom. The molecule has 0 radical (unpaired) electrons. The van der Waals surface area contributed by atoms with Crippen LogP contribution in [0.1, 0.15) is 5.56 Å². The molecular weight excluding hydrogens is 356 g/mol. The van der Waals surface area contributed by atoms with Crippen molar-refractivity contribution in [3.05, 3.63) is 54.4 Å². The Kier molecular flexibility index (Phi) is 4.48. The number of imidazole rings is 1. The van der Waals surface area contributed by atoms with E-state index in [0.717, 1.165) is 11.3 Å². The molecule has 4 rings (SSSR count). The zero-order chi connectivity index (χ0) is 19.5. The normalized spacial score (nSPS) is 10.5. The summed E-state index contributed by atoms with van der Waals surface area (Å²) in [7, 11) is 3.16. The van der Waals surface area contributed by atoms with Gasteiger partial charge >= 0.3 is 0 Å². The van der Waals surface area contributed by atoms with Gasteiger partial charge in [0.1, 0.15) is 11.2 Å². The molecule has 0 amide bonds. The van der Waals surface area contributed by atoms with Gasteiger partial charge in [-0.15, -0.1) is 0 Å². The van der Waals surface area contributed by atoms with Crippen molar-refractivity contribution in [3.63, 3.8) is 0 Å². The number of fused-ring (bicyclic) bond motifs is 1. The molecule has 28 heavy (non-hydrogen) atoms. The van der Waals surface area contributed by atoms with Crippen molar-refractivity contribution in [3.8, 4) is 28.8 Å². The minimum atomic E-state index is 0.379. The van der Waals surface area contributed by atoms with Crippen molar-refractivity contribution in [2.75, 3.05) is 19.5 Å². The molecule has 0 aliphatic heterocycles. The Morgan fingerprint density at radius 2 is 1.89 bits per heavy atom. The molecule has 0 fully saturated rings. The molecule has 2 N–H and O–H groups in total. The molecule has 0 bridgehead atoms. The predicted molar refractivity (Wildman–Crippen MR) is 105 cm³/mol. The molecule has 2 aromatic carbocycles. The lowest BCUT2D eigenvalue weighted by Crippen LogP contribution is -2.00. The molecule has 4 aromatic rings. The van der Waals surface area contributed by atoms with Crippen LogP contribution in [0, 0.1) is 11.3 Å². The summed E-state index contributed by atoms with van der Waals surface area (Å²) in [6.45, 7) is 0. The first-order valence-corrected chi connectivity index (χ1v) is 8.42. The summed E-state index contributed by atoms with van der Waals surface area (Å²) in [5.74, 6) is 1.60. The lowest BCUT2D eigenvalue weighted by molar-refractivity contribution is 0.355. The predicted octanol–water partition coefficient (Wildman–Crippen LogP) is 3.65. The van der Waals surface area contributed by atoms with Crippen LogP contribution in [0.15, 0.2) is 48.8 Å². The van der Waals surface area contributed by atoms with Crippen LogP contribution in [-0.4, -0.2) is 34.2 Å². The van der Waals surface area contributed by atoms with Gasteiger partial charge in [0.25, 0.3) is 0 Å². The third-order valence-corrected chi connectivity index (χ3v) is 4.19. The second kappa shape index (κ2) is 7.25. The summed E-state index contributed by atoms with van der Waals surface area (Å²) in [4.78, 5) is 16.4. The number of anilines is 2. The van der Waals surface area contributed by atoms with Crippen LogP contribution >= 0.6 is 0 Å². The monoisotopic (exact) mass is 372 g/mol. The summed E-state index contributed by atoms with van der Waals surface area (Å²) < 4.78 is 10.6. The molecule has 0 unspecified atom stereocenters. The molecule has 2 aromatic heterocycles. The number of nitriles is 1. The fraction of sp³-hybridized carbons (Fsp3) is 0.100. The van der Waals surface area contributed by atoms with E-state index < -0.39 is 0 Å². The lowest BCUT2D eigenvalue weighted by atomic mass is 10.1. The number of hydrogen-bond acceptors (Lipinski definition) is 7. The van der Waals surface area contributed by atoms with Crippen LogP contribution in [0.25, 0.3) is 22.4 Å². The first-order valence-electron chi connectivity index (χ1n) is 8.42. The van der Waals surface area contributed by atoms with Crippen LogP contribution in [0.5, 0.6) is 11.5 Å². The van der Waals surface area contributed by atoms with E-state index in [1.54, 1.807) is 44.8 Å². The van der Waals surface area contributed by atoms with Crippen molar-refractivity contribution >= 4 is 22.8 Å². The number of ether oxygens (including phenoxy) is 2. The van der Waals surface area contributed by atoms with Crippen LogP contribution in [0.4, 0.5) is 11.6 Å². The van der Waals surface area contributed by atoms with E-state index in [4.69, 9.17) is 9.47 Å². The zero-order valence-electron chi connectivity index (χ0n) is 15.2. The highest BCUT2D eigenvalue weighted by Crippen LogP contribution is 2.32. The second-order valence-corrected chi connectivity index (χ2v) is 5.88. The lowest BCUT2D eigenvalue weighted by Gasteiger charge is -2.11. The van der Waals surface area contributed by atoms with Crippen molar-refractivity contribution in [1.29, 1.82) is 5.26 Å². The van der Waals surface area contributed by atoms with Crippen LogP contribution in [0.2, 0.25) is 0 Å². The summed E-state index contributed by atoms with van der Waals surface area (Å²) >= 11 is 0. The first kappa shape index (κ1) is 17.3. The Bertz CT molecular complexity index is 1190. The highest BCUT2D eigenvalue weighted by atomic mass is 16.5. The van der Waals surface area contributed by atoms with E-state index in [1.165, 1.54) is 0 Å². The van der Waals surface area contributed by atoms with Crippen molar-refractivity contribution in [2.45, 2.75) is 0 Å². The van der Waals surface area contributed by atoms with Crippen LogP contribution in [0.3, 0.4) is 0 Å².